The van der Waals surface area contributed by atoms with Crippen molar-refractivity contribution in [2.75, 3.05) is 33.3 Å². The van der Waals surface area contributed by atoms with Gasteiger partial charge in [-0.3, -0.25) is 29.0 Å². The summed E-state index contributed by atoms with van der Waals surface area (Å²) < 4.78 is 12.2. The van der Waals surface area contributed by atoms with Crippen LogP contribution in [0.2, 0.25) is 0 Å². The second-order valence-electron chi connectivity index (χ2n) is 10.1. The lowest BCUT2D eigenvalue weighted by Crippen LogP contribution is -2.47. The number of aromatic nitrogens is 1. The van der Waals surface area contributed by atoms with Crippen molar-refractivity contribution in [3.63, 3.8) is 0 Å². The highest BCUT2D eigenvalue weighted by molar-refractivity contribution is 5.76. The summed E-state index contributed by atoms with van der Waals surface area (Å²) in [5, 5.41) is 13.8. The Balaban J connectivity index is 0.000000489. The van der Waals surface area contributed by atoms with Gasteiger partial charge in [0.2, 0.25) is 0 Å². The summed E-state index contributed by atoms with van der Waals surface area (Å²) in [6.45, 7) is 5.71. The highest BCUT2D eigenvalue weighted by Gasteiger charge is 2.60. The van der Waals surface area contributed by atoms with Crippen LogP contribution in [0.5, 0.6) is 0 Å². The normalized spacial score (nSPS) is 27.3. The first-order valence-corrected chi connectivity index (χ1v) is 12.4. The minimum atomic E-state index is -0.250. The van der Waals surface area contributed by atoms with Crippen molar-refractivity contribution >= 4 is 18.9 Å². The highest BCUT2D eigenvalue weighted by Crippen LogP contribution is 2.52. The van der Waals surface area contributed by atoms with E-state index >= 15 is 0 Å². The number of fused-ring (bicyclic) bond motifs is 5. The van der Waals surface area contributed by atoms with Gasteiger partial charge in [0.1, 0.15) is 0 Å². The van der Waals surface area contributed by atoms with Crippen molar-refractivity contribution in [1.82, 2.24) is 14.4 Å². The van der Waals surface area contributed by atoms with Crippen molar-refractivity contribution in [3.8, 4) is 0 Å². The van der Waals surface area contributed by atoms with Crippen LogP contribution in [0.4, 0.5) is 0 Å². The molecule has 5 atom stereocenters. The third-order valence-corrected chi connectivity index (χ3v) is 7.88. The molecule has 6 rings (SSSR count). The Morgan fingerprint density at radius 1 is 1.03 bits per heavy atom. The van der Waals surface area contributed by atoms with Gasteiger partial charge in [0.15, 0.2) is 0 Å². The van der Waals surface area contributed by atoms with E-state index in [-0.39, 0.29) is 30.4 Å². The molecule has 2 saturated heterocycles. The van der Waals surface area contributed by atoms with Gasteiger partial charge in [-0.1, -0.05) is 6.07 Å². The molecule has 1 aliphatic carbocycles. The Morgan fingerprint density at radius 3 is 2.32 bits per heavy atom. The molecule has 2 aromatic heterocycles. The predicted molar refractivity (Wildman–Crippen MR) is 131 cm³/mol. The number of piperidine rings is 2. The number of carbonyl (C=O) groups excluding carboxylic acids is 1. The van der Waals surface area contributed by atoms with Crippen LogP contribution in [-0.4, -0.2) is 76.8 Å². The molecule has 0 aromatic carbocycles. The lowest BCUT2D eigenvalue weighted by Gasteiger charge is -2.43. The first kappa shape index (κ1) is 26.6. The largest absolute Gasteiger partial charge is 0.483 e. The van der Waals surface area contributed by atoms with Gasteiger partial charge in [-0.25, -0.2) is 0 Å². The highest BCUT2D eigenvalue weighted by atomic mass is 16.5. The molecule has 1 saturated carbocycles. The van der Waals surface area contributed by atoms with Crippen LogP contribution in [0.3, 0.4) is 0 Å². The summed E-state index contributed by atoms with van der Waals surface area (Å²) in [5.74, 6) is 1.77. The lowest BCUT2D eigenvalue weighted by molar-refractivity contribution is -0.143. The fraction of sp³-hybridized carbons (Fsp3) is 0.538. The molecule has 4 aliphatic rings. The van der Waals surface area contributed by atoms with Crippen molar-refractivity contribution in [2.24, 2.45) is 23.7 Å². The molecular weight excluding hydrogens is 482 g/mol. The van der Waals surface area contributed by atoms with Crippen molar-refractivity contribution in [2.45, 2.75) is 32.0 Å². The minimum Gasteiger partial charge on any atom is -0.483 e. The van der Waals surface area contributed by atoms with E-state index < -0.39 is 0 Å². The number of hydrogen-bond acceptors (Lipinski definition) is 8. The molecule has 0 radical (unpaired) electrons. The number of methoxy groups -OCH3 is 1. The van der Waals surface area contributed by atoms with Gasteiger partial charge in [0, 0.05) is 68.6 Å². The van der Waals surface area contributed by atoms with Gasteiger partial charge < -0.3 is 23.9 Å². The third kappa shape index (κ3) is 5.78. The van der Waals surface area contributed by atoms with E-state index in [1.54, 1.807) is 6.26 Å². The first-order valence-electron chi connectivity index (χ1n) is 12.4. The standard InChI is InChI=1S/C24H29N3O4.2CH2O2/c1-30-24(29)22-19-12-26(13-20(19)22)10-17-2-3-21-18-6-16(9-27(21)23(17)28)8-25(11-18)7-15-4-5-31-14-15;2*2-1-3/h2-5,14,16,18-20,22H,6-13H2,1H3;2*1H,(H,2,3)/t16-,18+,19-,20+,22?;;/m0../s1. The maximum absolute atomic E-state index is 13.3. The minimum absolute atomic E-state index is 0.0724. The summed E-state index contributed by atoms with van der Waals surface area (Å²) in [5.41, 5.74) is 3.47. The molecule has 2 bridgehead atoms. The second kappa shape index (κ2) is 11.7. The number of nitrogens with zero attached hydrogens (tertiary/aromatic N) is 3. The molecule has 37 heavy (non-hydrogen) atoms. The topological polar surface area (TPSA) is 143 Å². The Bertz CT molecular complexity index is 1130. The van der Waals surface area contributed by atoms with Crippen LogP contribution in [0.25, 0.3) is 0 Å². The number of esters is 1. The molecule has 0 amide bonds. The van der Waals surface area contributed by atoms with E-state index in [1.165, 1.54) is 24.8 Å². The third-order valence-electron chi connectivity index (χ3n) is 7.88. The summed E-state index contributed by atoms with van der Waals surface area (Å²) >= 11 is 0. The monoisotopic (exact) mass is 515 g/mol. The van der Waals surface area contributed by atoms with Crippen molar-refractivity contribution < 1.29 is 33.8 Å². The molecule has 0 spiro atoms. The maximum atomic E-state index is 13.3. The van der Waals surface area contributed by atoms with Crippen LogP contribution in [0, 0.1) is 23.7 Å². The summed E-state index contributed by atoms with van der Waals surface area (Å²) in [6.07, 6.45) is 4.73. The van der Waals surface area contributed by atoms with Gasteiger partial charge in [0.05, 0.1) is 25.6 Å². The van der Waals surface area contributed by atoms with Gasteiger partial charge in [-0.05, 0) is 36.3 Å². The molecule has 5 heterocycles. The molecule has 200 valence electrons. The maximum Gasteiger partial charge on any atom is 0.309 e. The molecule has 3 fully saturated rings. The number of ether oxygens (including phenoxy) is 1. The van der Waals surface area contributed by atoms with E-state index in [2.05, 4.69) is 20.4 Å². The van der Waals surface area contributed by atoms with Crippen molar-refractivity contribution in [3.05, 3.63) is 57.9 Å². The van der Waals surface area contributed by atoms with Crippen LogP contribution in [0.1, 0.15) is 29.2 Å². The van der Waals surface area contributed by atoms with E-state index in [0.717, 1.165) is 44.8 Å². The zero-order valence-electron chi connectivity index (χ0n) is 20.8. The SMILES string of the molecule is COC(=O)C1[C@H]2CN(Cc3ccc4n(c3=O)C[C@H]3C[C@@H]4CN(Cc4ccoc4)C3)C[C@@H]12.O=CO.O=CO. The average molecular weight is 516 g/mol. The Hall–Kier alpha value is -3.44. The molecule has 1 unspecified atom stereocenters. The van der Waals surface area contributed by atoms with Crippen LogP contribution in [0.15, 0.2) is 39.9 Å². The summed E-state index contributed by atoms with van der Waals surface area (Å²) in [4.78, 5) is 46.6. The van der Waals surface area contributed by atoms with Crippen LogP contribution in [-0.2, 0) is 38.8 Å². The number of pyridine rings is 1. The fourth-order valence-electron chi connectivity index (χ4n) is 6.45. The van der Waals surface area contributed by atoms with E-state index in [9.17, 15) is 9.59 Å². The number of carboxylic acid groups (broad SMARTS) is 2. The summed E-state index contributed by atoms with van der Waals surface area (Å²) in [7, 11) is 1.47. The van der Waals surface area contributed by atoms with E-state index in [0.29, 0.717) is 30.2 Å². The molecule has 11 nitrogen and oxygen atoms in total. The number of likely N-dealkylation sites (tertiary alicyclic amines) is 2. The molecule has 3 aliphatic heterocycles. The zero-order chi connectivity index (χ0) is 26.5. The molecule has 2 N–H and O–H groups in total. The zero-order valence-corrected chi connectivity index (χ0v) is 20.8. The number of furan rings is 1. The first-order chi connectivity index (χ1) is 17.9. The number of rotatable bonds is 5. The Labute approximate surface area is 214 Å². The number of carbonyl (C=O) groups is 3. The van der Waals surface area contributed by atoms with Crippen molar-refractivity contribution in [1.29, 1.82) is 0 Å². The van der Waals surface area contributed by atoms with Gasteiger partial charge in [-0.15, -0.1) is 0 Å². The van der Waals surface area contributed by atoms with Gasteiger partial charge >= 0.3 is 5.97 Å². The summed E-state index contributed by atoms with van der Waals surface area (Å²) in [6, 6.07) is 6.27. The predicted octanol–water partition coefficient (Wildman–Crippen LogP) is 1.31. The van der Waals surface area contributed by atoms with Gasteiger partial charge in [-0.2, -0.15) is 0 Å². The van der Waals surface area contributed by atoms with Crippen LogP contribution >= 0.6 is 0 Å². The van der Waals surface area contributed by atoms with E-state index in [4.69, 9.17) is 29.0 Å². The Kier molecular flexibility index (Phi) is 8.45. The fourth-order valence-corrected chi connectivity index (χ4v) is 6.45. The number of hydrogen-bond donors (Lipinski definition) is 2. The second-order valence-corrected chi connectivity index (χ2v) is 10.1. The average Bonchev–Trinajstić information content (AvgIpc) is 3.18. The Morgan fingerprint density at radius 2 is 1.70 bits per heavy atom. The molecular formula is C26H33N3O8. The molecule has 11 heteroatoms. The molecule has 2 aromatic rings. The smallest absolute Gasteiger partial charge is 0.309 e. The quantitative estimate of drug-likeness (QED) is 0.442. The lowest BCUT2D eigenvalue weighted by atomic mass is 9.83. The van der Waals surface area contributed by atoms with E-state index in [1.807, 2.05) is 18.4 Å². The van der Waals surface area contributed by atoms with Crippen LogP contribution < -0.4 is 5.56 Å². The van der Waals surface area contributed by atoms with Gasteiger partial charge in [0.25, 0.3) is 18.5 Å².